The number of benzene rings is 2. The molecule has 0 radical (unpaired) electrons. The maximum Gasteiger partial charge on any atom is 0.410 e. The van der Waals surface area contributed by atoms with Crippen molar-refractivity contribution in [1.29, 1.82) is 0 Å². The summed E-state index contributed by atoms with van der Waals surface area (Å²) in [6.07, 6.45) is 2.55. The molecule has 2 N–H and O–H groups in total. The van der Waals surface area contributed by atoms with Crippen LogP contribution in [-0.2, 0) is 27.4 Å². The van der Waals surface area contributed by atoms with Gasteiger partial charge in [0.05, 0.1) is 12.1 Å². The molecule has 3 amide bonds. The number of ether oxygens (including phenoxy) is 1. The summed E-state index contributed by atoms with van der Waals surface area (Å²) in [6, 6.07) is 22.3. The number of aromatic nitrogens is 1. The summed E-state index contributed by atoms with van der Waals surface area (Å²) in [4.78, 5) is 43.7. The Kier molecular flexibility index (Phi) is 11.5. The van der Waals surface area contributed by atoms with Crippen molar-refractivity contribution in [2.24, 2.45) is 5.92 Å². The summed E-state index contributed by atoms with van der Waals surface area (Å²) in [5.74, 6) is -0.112. The van der Waals surface area contributed by atoms with Gasteiger partial charge >= 0.3 is 6.09 Å². The van der Waals surface area contributed by atoms with E-state index in [-0.39, 0.29) is 30.8 Å². The van der Waals surface area contributed by atoms with Crippen LogP contribution in [0.2, 0.25) is 0 Å². The minimum absolute atomic E-state index is 0.0851. The highest BCUT2D eigenvalue weighted by atomic mass is 16.6. The van der Waals surface area contributed by atoms with Gasteiger partial charge in [-0.1, -0.05) is 68.4 Å². The molecule has 2 aromatic carbocycles. The van der Waals surface area contributed by atoms with Crippen LogP contribution < -0.4 is 10.6 Å². The fourth-order valence-corrected chi connectivity index (χ4v) is 4.10. The predicted molar refractivity (Wildman–Crippen MR) is 152 cm³/mol. The van der Waals surface area contributed by atoms with Crippen LogP contribution in [0.25, 0.3) is 11.3 Å². The molecule has 39 heavy (non-hydrogen) atoms. The molecule has 1 aromatic heterocycles. The Labute approximate surface area is 230 Å². The molecule has 206 valence electrons. The summed E-state index contributed by atoms with van der Waals surface area (Å²) < 4.78 is 5.41. The van der Waals surface area contributed by atoms with E-state index in [9.17, 15) is 14.4 Å². The molecule has 0 fully saturated rings. The number of pyridine rings is 1. The Morgan fingerprint density at radius 2 is 1.62 bits per heavy atom. The second-order valence-corrected chi connectivity index (χ2v) is 9.88. The van der Waals surface area contributed by atoms with Crippen LogP contribution in [0.5, 0.6) is 0 Å². The second kappa shape index (κ2) is 15.3. The van der Waals surface area contributed by atoms with E-state index in [4.69, 9.17) is 4.74 Å². The number of hydrogen-bond acceptors (Lipinski definition) is 5. The van der Waals surface area contributed by atoms with Crippen molar-refractivity contribution in [2.75, 3.05) is 20.1 Å². The number of carbonyl (C=O) groups excluding carboxylic acids is 3. The van der Waals surface area contributed by atoms with E-state index in [0.29, 0.717) is 25.9 Å². The average Bonchev–Trinajstić information content (AvgIpc) is 2.95. The largest absolute Gasteiger partial charge is 0.445 e. The highest BCUT2D eigenvalue weighted by Gasteiger charge is 2.28. The Balaban J connectivity index is 1.41. The van der Waals surface area contributed by atoms with Gasteiger partial charge in [-0.25, -0.2) is 4.79 Å². The molecule has 3 rings (SSSR count). The molecule has 0 spiro atoms. The van der Waals surface area contributed by atoms with Gasteiger partial charge in [0.15, 0.2) is 0 Å². The lowest BCUT2D eigenvalue weighted by Gasteiger charge is -2.28. The van der Waals surface area contributed by atoms with Crippen LogP contribution in [0.3, 0.4) is 0 Å². The zero-order valence-electron chi connectivity index (χ0n) is 22.9. The van der Waals surface area contributed by atoms with Crippen molar-refractivity contribution in [3.8, 4) is 11.3 Å². The van der Waals surface area contributed by atoms with Crippen molar-refractivity contribution >= 4 is 17.9 Å². The lowest BCUT2D eigenvalue weighted by Crippen LogP contribution is -2.48. The SMILES string of the molecule is CC(C)C[C@@H](C(=O)NCCCNC(=O)Cc1cccc(-c2ccccn2)c1)N(C)C(=O)OCc1ccccc1. The Bertz CT molecular complexity index is 1200. The van der Waals surface area contributed by atoms with Gasteiger partial charge in [-0.3, -0.25) is 19.5 Å². The standard InChI is InChI=1S/C31H38N4O4/c1-23(2)19-28(35(3)31(38)39-22-24-11-5-4-6-12-24)30(37)34-18-10-17-33-29(36)21-25-13-9-14-26(20-25)27-15-7-8-16-32-27/h4-9,11-16,20,23,28H,10,17-19,21-22H2,1-3H3,(H,33,36)(H,34,37)/t28-/m0/s1. The van der Waals surface area contributed by atoms with Crippen LogP contribution in [0, 0.1) is 5.92 Å². The summed E-state index contributed by atoms with van der Waals surface area (Å²) in [5.41, 5.74) is 3.62. The van der Waals surface area contributed by atoms with Crippen molar-refractivity contribution in [2.45, 2.75) is 45.8 Å². The van der Waals surface area contributed by atoms with Gasteiger partial charge in [-0.2, -0.15) is 0 Å². The van der Waals surface area contributed by atoms with Crippen LogP contribution in [-0.4, -0.2) is 54.0 Å². The molecule has 1 heterocycles. The smallest absolute Gasteiger partial charge is 0.410 e. The zero-order chi connectivity index (χ0) is 28.0. The number of hydrogen-bond donors (Lipinski definition) is 2. The van der Waals surface area contributed by atoms with Gasteiger partial charge in [0.2, 0.25) is 11.8 Å². The first-order valence-electron chi connectivity index (χ1n) is 13.3. The van der Waals surface area contributed by atoms with Crippen LogP contribution in [0.4, 0.5) is 4.79 Å². The molecule has 8 heteroatoms. The Morgan fingerprint density at radius 1 is 0.897 bits per heavy atom. The monoisotopic (exact) mass is 530 g/mol. The van der Waals surface area contributed by atoms with Gasteiger partial charge in [0, 0.05) is 31.9 Å². The lowest BCUT2D eigenvalue weighted by molar-refractivity contribution is -0.126. The highest BCUT2D eigenvalue weighted by molar-refractivity contribution is 5.85. The molecule has 0 saturated carbocycles. The number of carbonyl (C=O) groups is 3. The van der Waals surface area contributed by atoms with E-state index < -0.39 is 12.1 Å². The van der Waals surface area contributed by atoms with Gasteiger partial charge in [0.25, 0.3) is 0 Å². The highest BCUT2D eigenvalue weighted by Crippen LogP contribution is 2.18. The summed E-state index contributed by atoms with van der Waals surface area (Å²) >= 11 is 0. The molecule has 0 saturated heterocycles. The Hall–Kier alpha value is -4.20. The molecule has 0 aliphatic heterocycles. The van der Waals surface area contributed by atoms with E-state index in [1.807, 2.05) is 86.6 Å². The predicted octanol–water partition coefficient (Wildman–Crippen LogP) is 4.60. The average molecular weight is 531 g/mol. The van der Waals surface area contributed by atoms with Gasteiger partial charge in [-0.05, 0) is 48.1 Å². The number of nitrogens with zero attached hydrogens (tertiary/aromatic N) is 2. The molecule has 0 unspecified atom stereocenters. The summed E-state index contributed by atoms with van der Waals surface area (Å²) in [6.45, 7) is 4.97. The molecule has 0 aliphatic rings. The minimum atomic E-state index is -0.644. The third-order valence-electron chi connectivity index (χ3n) is 6.19. The molecule has 8 nitrogen and oxygen atoms in total. The third kappa shape index (κ3) is 9.89. The lowest BCUT2D eigenvalue weighted by atomic mass is 10.0. The van der Waals surface area contributed by atoms with Crippen LogP contribution >= 0.6 is 0 Å². The first-order valence-corrected chi connectivity index (χ1v) is 13.3. The molecular formula is C31H38N4O4. The molecule has 0 bridgehead atoms. The van der Waals surface area contributed by atoms with Gasteiger partial charge < -0.3 is 15.4 Å². The summed E-state index contributed by atoms with van der Waals surface area (Å²) in [5, 5.41) is 5.81. The van der Waals surface area contributed by atoms with Gasteiger partial charge in [0.1, 0.15) is 12.6 Å². The summed E-state index contributed by atoms with van der Waals surface area (Å²) in [7, 11) is 1.59. The maximum atomic E-state index is 12.9. The number of likely N-dealkylation sites (N-methyl/N-ethyl adjacent to an activating group) is 1. The van der Waals surface area contributed by atoms with Crippen molar-refractivity contribution in [3.05, 3.63) is 90.1 Å². The van der Waals surface area contributed by atoms with E-state index in [0.717, 1.165) is 22.4 Å². The van der Waals surface area contributed by atoms with Crippen molar-refractivity contribution in [3.63, 3.8) is 0 Å². The Morgan fingerprint density at radius 3 is 2.33 bits per heavy atom. The molecular weight excluding hydrogens is 492 g/mol. The van der Waals surface area contributed by atoms with Crippen molar-refractivity contribution in [1.82, 2.24) is 20.5 Å². The normalized spacial score (nSPS) is 11.5. The minimum Gasteiger partial charge on any atom is -0.445 e. The van der Waals surface area contributed by atoms with E-state index >= 15 is 0 Å². The topological polar surface area (TPSA) is 101 Å². The van der Waals surface area contributed by atoms with Crippen LogP contribution in [0.15, 0.2) is 79.0 Å². The van der Waals surface area contributed by atoms with Crippen molar-refractivity contribution < 1.29 is 19.1 Å². The number of nitrogens with one attached hydrogen (secondary N) is 2. The zero-order valence-corrected chi connectivity index (χ0v) is 22.9. The first kappa shape index (κ1) is 29.4. The molecule has 0 aliphatic carbocycles. The van der Waals surface area contributed by atoms with E-state index in [1.165, 1.54) is 4.90 Å². The first-order chi connectivity index (χ1) is 18.8. The van der Waals surface area contributed by atoms with E-state index in [2.05, 4.69) is 15.6 Å². The fraction of sp³-hybridized carbons (Fsp3) is 0.355. The van der Waals surface area contributed by atoms with E-state index in [1.54, 1.807) is 13.2 Å². The third-order valence-corrected chi connectivity index (χ3v) is 6.19. The van der Waals surface area contributed by atoms with Crippen LogP contribution in [0.1, 0.15) is 37.8 Å². The quantitative estimate of drug-likeness (QED) is 0.315. The van der Waals surface area contributed by atoms with Gasteiger partial charge in [-0.15, -0.1) is 0 Å². The fourth-order valence-electron chi connectivity index (χ4n) is 4.10. The maximum absolute atomic E-state index is 12.9. The number of amides is 3. The number of rotatable bonds is 13. The molecule has 1 atom stereocenters. The second-order valence-electron chi connectivity index (χ2n) is 9.88. The molecule has 3 aromatic rings.